The van der Waals surface area contributed by atoms with E-state index >= 15 is 0 Å². The molecule has 0 unspecified atom stereocenters. The summed E-state index contributed by atoms with van der Waals surface area (Å²) in [7, 11) is 0. The second-order valence-corrected chi connectivity index (χ2v) is 8.21. The number of fused-ring (bicyclic) bond motifs is 1. The van der Waals surface area contributed by atoms with Gasteiger partial charge in [0.2, 0.25) is 0 Å². The van der Waals surface area contributed by atoms with Crippen LogP contribution in [0.2, 0.25) is 0 Å². The van der Waals surface area contributed by atoms with Gasteiger partial charge in [0.15, 0.2) is 0 Å². The minimum Gasteiger partial charge on any atom is -0.378 e. The molecule has 0 radical (unpaired) electrons. The van der Waals surface area contributed by atoms with Crippen molar-refractivity contribution in [2.45, 2.75) is 44.8 Å². The molecule has 0 bridgehead atoms. The maximum absolute atomic E-state index is 14.3. The van der Waals surface area contributed by atoms with Crippen LogP contribution in [0.1, 0.15) is 59.9 Å². The van der Waals surface area contributed by atoms with Gasteiger partial charge in [-0.3, -0.25) is 4.79 Å². The lowest BCUT2D eigenvalue weighted by atomic mass is 9.92. The van der Waals surface area contributed by atoms with Gasteiger partial charge in [-0.15, -0.1) is 0 Å². The lowest BCUT2D eigenvalue weighted by molar-refractivity contribution is 0.0932. The summed E-state index contributed by atoms with van der Waals surface area (Å²) < 4.78 is 15.9. The smallest absolute Gasteiger partial charge is 0.251 e. The van der Waals surface area contributed by atoms with Crippen molar-refractivity contribution in [1.82, 2.24) is 15.1 Å². The van der Waals surface area contributed by atoms with Crippen LogP contribution in [-0.4, -0.2) is 26.4 Å². The second kappa shape index (κ2) is 8.37. The Kier molecular flexibility index (Phi) is 5.62. The lowest BCUT2D eigenvalue weighted by Crippen LogP contribution is -2.31. The molecule has 1 aliphatic rings. The van der Waals surface area contributed by atoms with Crippen LogP contribution in [0.5, 0.6) is 0 Å². The molecule has 0 fully saturated rings. The monoisotopic (exact) mass is 417 g/mol. The summed E-state index contributed by atoms with van der Waals surface area (Å²) in [5.41, 5.74) is 2.46. The molecule has 1 heterocycles. The minimum absolute atomic E-state index is 0.175. The summed E-state index contributed by atoms with van der Waals surface area (Å²) in [6.07, 6.45) is 4.19. The van der Waals surface area contributed by atoms with Gasteiger partial charge in [0.25, 0.3) is 5.91 Å². The number of benzene rings is 2. The van der Waals surface area contributed by atoms with Crippen LogP contribution in [0.25, 0.3) is 5.69 Å². The molecule has 158 valence electrons. The zero-order valence-electron chi connectivity index (χ0n) is 17.5. The molecule has 2 aromatic carbocycles. The Morgan fingerprint density at radius 1 is 1.23 bits per heavy atom. The molecule has 6 heteroatoms. The van der Waals surface area contributed by atoms with Gasteiger partial charge in [-0.05, 0) is 69.5 Å². The maximum Gasteiger partial charge on any atom is 0.251 e. The van der Waals surface area contributed by atoms with Crippen LogP contribution in [0.3, 0.4) is 0 Å². The van der Waals surface area contributed by atoms with Crippen LogP contribution in [0.15, 0.2) is 54.7 Å². The zero-order valence-corrected chi connectivity index (χ0v) is 17.5. The number of para-hydroxylation sites is 1. The van der Waals surface area contributed by atoms with E-state index in [1.165, 1.54) is 6.07 Å². The van der Waals surface area contributed by atoms with Crippen LogP contribution in [0, 0.1) is 17.7 Å². The largest absolute Gasteiger partial charge is 0.378 e. The Morgan fingerprint density at radius 2 is 1.97 bits per heavy atom. The zero-order chi connectivity index (χ0) is 22.0. The number of nitrogens with zero attached hydrogens (tertiary/aromatic N) is 2. The summed E-state index contributed by atoms with van der Waals surface area (Å²) in [5.74, 6) is 5.14. The van der Waals surface area contributed by atoms with Crippen LogP contribution in [0.4, 0.5) is 4.39 Å². The van der Waals surface area contributed by atoms with Gasteiger partial charge in [-0.2, -0.15) is 5.10 Å². The van der Waals surface area contributed by atoms with Crippen molar-refractivity contribution >= 4 is 5.91 Å². The Balaban J connectivity index is 1.52. The standard InChI is InChI=1S/C25H24FN3O2/c1-25(2,31)15-14-17-10-12-18(13-11-17)24(30)28-21-7-5-9-22-19(21)16-27-29(22)23-8-4-3-6-20(23)26/h3-4,6,8,10-13,16,21,31H,5,7,9H2,1-2H3,(H,28,30)/t21-/m0/s1. The van der Waals surface area contributed by atoms with Gasteiger partial charge >= 0.3 is 0 Å². The van der Waals surface area contributed by atoms with E-state index in [0.717, 1.165) is 36.1 Å². The maximum atomic E-state index is 14.3. The summed E-state index contributed by atoms with van der Waals surface area (Å²) in [4.78, 5) is 12.8. The Morgan fingerprint density at radius 3 is 2.68 bits per heavy atom. The third kappa shape index (κ3) is 4.68. The van der Waals surface area contributed by atoms with Gasteiger partial charge in [0, 0.05) is 22.4 Å². The second-order valence-electron chi connectivity index (χ2n) is 8.21. The van der Waals surface area contributed by atoms with E-state index in [1.807, 2.05) is 0 Å². The fourth-order valence-electron chi connectivity index (χ4n) is 3.71. The molecule has 1 amide bonds. The van der Waals surface area contributed by atoms with E-state index in [0.29, 0.717) is 11.3 Å². The van der Waals surface area contributed by atoms with E-state index in [-0.39, 0.29) is 17.8 Å². The average Bonchev–Trinajstić information content (AvgIpc) is 3.17. The molecule has 3 aromatic rings. The molecule has 1 atom stereocenters. The van der Waals surface area contributed by atoms with Gasteiger partial charge in [-0.1, -0.05) is 24.0 Å². The molecule has 0 saturated heterocycles. The molecule has 5 nitrogen and oxygen atoms in total. The molecular weight excluding hydrogens is 393 g/mol. The predicted octanol–water partition coefficient (Wildman–Crippen LogP) is 3.94. The third-order valence-electron chi connectivity index (χ3n) is 5.23. The number of hydrogen-bond acceptors (Lipinski definition) is 3. The number of amides is 1. The summed E-state index contributed by atoms with van der Waals surface area (Å²) in [6, 6.07) is 13.3. The van der Waals surface area contributed by atoms with Gasteiger partial charge in [-0.25, -0.2) is 9.07 Å². The highest BCUT2D eigenvalue weighted by Crippen LogP contribution is 2.31. The fourth-order valence-corrected chi connectivity index (χ4v) is 3.71. The number of nitrogens with one attached hydrogen (secondary N) is 1. The molecule has 1 aliphatic carbocycles. The normalized spacial score (nSPS) is 15.5. The first-order chi connectivity index (χ1) is 14.8. The first-order valence-corrected chi connectivity index (χ1v) is 10.3. The van der Waals surface area contributed by atoms with Gasteiger partial charge in [0.1, 0.15) is 17.1 Å². The molecule has 4 rings (SSSR count). The predicted molar refractivity (Wildman–Crippen MR) is 116 cm³/mol. The number of carbonyl (C=O) groups is 1. The molecule has 1 aromatic heterocycles. The quantitative estimate of drug-likeness (QED) is 0.635. The van der Waals surface area contributed by atoms with Gasteiger partial charge < -0.3 is 10.4 Å². The number of aromatic nitrogens is 2. The van der Waals surface area contributed by atoms with Crippen molar-refractivity contribution in [3.8, 4) is 17.5 Å². The summed E-state index contributed by atoms with van der Waals surface area (Å²) in [5, 5.41) is 17.2. The average molecular weight is 417 g/mol. The van der Waals surface area contributed by atoms with E-state index < -0.39 is 5.60 Å². The molecule has 31 heavy (non-hydrogen) atoms. The highest BCUT2D eigenvalue weighted by atomic mass is 19.1. The van der Waals surface area contributed by atoms with Crippen molar-refractivity contribution in [3.63, 3.8) is 0 Å². The van der Waals surface area contributed by atoms with E-state index in [1.54, 1.807) is 67.2 Å². The molecule has 2 N–H and O–H groups in total. The number of carbonyl (C=O) groups excluding carboxylic acids is 1. The number of hydrogen-bond donors (Lipinski definition) is 2. The molecule has 0 aliphatic heterocycles. The van der Waals surface area contributed by atoms with Crippen molar-refractivity contribution in [3.05, 3.63) is 82.9 Å². The summed E-state index contributed by atoms with van der Waals surface area (Å²) >= 11 is 0. The van der Waals surface area contributed by atoms with E-state index in [9.17, 15) is 14.3 Å². The fraction of sp³-hybridized carbons (Fsp3) is 0.280. The number of halogens is 1. The van der Waals surface area contributed by atoms with Crippen molar-refractivity contribution in [2.75, 3.05) is 0 Å². The third-order valence-corrected chi connectivity index (χ3v) is 5.23. The highest BCUT2D eigenvalue weighted by molar-refractivity contribution is 5.94. The Bertz CT molecular complexity index is 1160. The molecule has 0 spiro atoms. The van der Waals surface area contributed by atoms with Gasteiger partial charge in [0.05, 0.1) is 12.2 Å². The highest BCUT2D eigenvalue weighted by Gasteiger charge is 2.27. The SMILES string of the molecule is CC(C)(O)C#Cc1ccc(C(=O)N[C@H]2CCCc3c2cnn3-c2ccccc2F)cc1. The topological polar surface area (TPSA) is 67.2 Å². The number of aliphatic hydroxyl groups is 1. The van der Waals surface area contributed by atoms with E-state index in [2.05, 4.69) is 22.3 Å². The van der Waals surface area contributed by atoms with Crippen LogP contribution >= 0.6 is 0 Å². The van der Waals surface area contributed by atoms with Crippen molar-refractivity contribution < 1.29 is 14.3 Å². The van der Waals surface area contributed by atoms with Crippen LogP contribution < -0.4 is 5.32 Å². The molecular formula is C25H24FN3O2. The first kappa shape index (κ1) is 20.8. The number of rotatable bonds is 3. The first-order valence-electron chi connectivity index (χ1n) is 10.3. The Hall–Kier alpha value is -3.43. The minimum atomic E-state index is -1.07. The lowest BCUT2D eigenvalue weighted by Gasteiger charge is -2.24. The molecule has 0 saturated carbocycles. The van der Waals surface area contributed by atoms with Crippen molar-refractivity contribution in [1.29, 1.82) is 0 Å². The Labute approximate surface area is 180 Å². The van der Waals surface area contributed by atoms with Crippen molar-refractivity contribution in [2.24, 2.45) is 0 Å². The van der Waals surface area contributed by atoms with E-state index in [4.69, 9.17) is 0 Å². The summed E-state index contributed by atoms with van der Waals surface area (Å²) in [6.45, 7) is 3.24. The van der Waals surface area contributed by atoms with Crippen LogP contribution in [-0.2, 0) is 6.42 Å².